The summed E-state index contributed by atoms with van der Waals surface area (Å²) in [6, 6.07) is 17.3. The number of nitrogens with one attached hydrogen (secondary N) is 1. The summed E-state index contributed by atoms with van der Waals surface area (Å²) >= 11 is 1.24. The molecule has 0 unspecified atom stereocenters. The Hall–Kier alpha value is -3.03. The maximum Gasteiger partial charge on any atom is 0.265 e. The van der Waals surface area contributed by atoms with E-state index in [0.717, 1.165) is 31.7 Å². The summed E-state index contributed by atoms with van der Waals surface area (Å²) < 4.78 is 14.0. The van der Waals surface area contributed by atoms with E-state index in [1.165, 1.54) is 17.4 Å². The average Bonchev–Trinajstić information content (AvgIpc) is 3.25. The molecule has 1 aliphatic heterocycles. The van der Waals surface area contributed by atoms with Crippen molar-refractivity contribution in [1.29, 1.82) is 0 Å². The van der Waals surface area contributed by atoms with E-state index in [9.17, 15) is 14.0 Å². The van der Waals surface area contributed by atoms with Gasteiger partial charge in [-0.3, -0.25) is 9.59 Å². The number of carbonyl (C=O) groups excluding carboxylic acids is 2. The molecule has 3 aromatic rings. The lowest BCUT2D eigenvalue weighted by Gasteiger charge is -2.32. The van der Waals surface area contributed by atoms with Crippen LogP contribution in [0.3, 0.4) is 0 Å². The number of likely N-dealkylation sites (N-methyl/N-ethyl adjacent to an activating group) is 1. The van der Waals surface area contributed by atoms with Gasteiger partial charge in [0.1, 0.15) is 5.82 Å². The second kappa shape index (κ2) is 9.41. The van der Waals surface area contributed by atoms with Crippen LogP contribution < -0.4 is 5.32 Å². The van der Waals surface area contributed by atoms with Gasteiger partial charge in [0.25, 0.3) is 5.91 Å². The Labute approximate surface area is 185 Å². The number of benzene rings is 2. The second-order valence-corrected chi connectivity index (χ2v) is 8.74. The molecule has 7 heteroatoms. The van der Waals surface area contributed by atoms with Crippen molar-refractivity contribution in [3.8, 4) is 10.4 Å². The van der Waals surface area contributed by atoms with Gasteiger partial charge in [-0.2, -0.15) is 0 Å². The molecule has 5 nitrogen and oxygen atoms in total. The Morgan fingerprint density at radius 2 is 1.77 bits per heavy atom. The van der Waals surface area contributed by atoms with Gasteiger partial charge in [0, 0.05) is 42.3 Å². The Balaban J connectivity index is 1.40. The maximum absolute atomic E-state index is 14.0. The lowest BCUT2D eigenvalue weighted by atomic mass is 10.1. The van der Waals surface area contributed by atoms with E-state index in [2.05, 4.69) is 17.3 Å². The predicted octanol–water partition coefficient (Wildman–Crippen LogP) is 4.12. The summed E-state index contributed by atoms with van der Waals surface area (Å²) in [6.45, 7) is 3.26. The van der Waals surface area contributed by atoms with Crippen molar-refractivity contribution in [1.82, 2.24) is 9.80 Å². The molecule has 1 aromatic heterocycles. The molecule has 2 heterocycles. The zero-order valence-electron chi connectivity index (χ0n) is 17.3. The standard InChI is InChI=1S/C24H24FN3O2S/c1-27-11-13-28(14-12-27)23(29)16-17-5-4-6-18(15-17)26-24(30)22-10-9-21(31-22)19-7-2-3-8-20(19)25/h2-10,15H,11-14,16H2,1H3,(H,26,30). The van der Waals surface area contributed by atoms with Gasteiger partial charge in [-0.05, 0) is 42.9 Å². The molecule has 4 rings (SSSR count). The van der Waals surface area contributed by atoms with Crippen LogP contribution in [0.25, 0.3) is 10.4 Å². The van der Waals surface area contributed by atoms with Crippen LogP contribution in [0.1, 0.15) is 15.2 Å². The van der Waals surface area contributed by atoms with Crippen molar-refractivity contribution in [3.63, 3.8) is 0 Å². The molecule has 2 amide bonds. The Bertz CT molecular complexity index is 1090. The Kier molecular flexibility index (Phi) is 6.44. The number of amides is 2. The van der Waals surface area contributed by atoms with Crippen LogP contribution in [0.5, 0.6) is 0 Å². The number of anilines is 1. The van der Waals surface area contributed by atoms with Crippen molar-refractivity contribution in [2.75, 3.05) is 38.5 Å². The van der Waals surface area contributed by atoms with Gasteiger partial charge in [0.05, 0.1) is 11.3 Å². The number of hydrogen-bond donors (Lipinski definition) is 1. The first-order valence-electron chi connectivity index (χ1n) is 10.2. The number of thiophene rings is 1. The highest BCUT2D eigenvalue weighted by molar-refractivity contribution is 7.17. The van der Waals surface area contributed by atoms with E-state index in [1.54, 1.807) is 36.4 Å². The number of piperazine rings is 1. The molecule has 0 aliphatic carbocycles. The molecule has 0 bridgehead atoms. The van der Waals surface area contributed by atoms with Crippen molar-refractivity contribution >= 4 is 28.8 Å². The Morgan fingerprint density at radius 3 is 2.55 bits per heavy atom. The molecule has 1 fully saturated rings. The normalized spacial score (nSPS) is 14.5. The first kappa shape index (κ1) is 21.2. The summed E-state index contributed by atoms with van der Waals surface area (Å²) in [5, 5.41) is 2.88. The molecular weight excluding hydrogens is 413 g/mol. The van der Waals surface area contributed by atoms with Gasteiger partial charge in [-0.1, -0.05) is 30.3 Å². The summed E-state index contributed by atoms with van der Waals surface area (Å²) in [5.41, 5.74) is 1.98. The molecule has 160 valence electrons. The molecular formula is C24H24FN3O2S. The van der Waals surface area contributed by atoms with Gasteiger partial charge >= 0.3 is 0 Å². The van der Waals surface area contributed by atoms with Crippen molar-refractivity contribution < 1.29 is 14.0 Å². The highest BCUT2D eigenvalue weighted by Crippen LogP contribution is 2.30. The SMILES string of the molecule is CN1CCN(C(=O)Cc2cccc(NC(=O)c3ccc(-c4ccccc4F)s3)c2)CC1. The fourth-order valence-electron chi connectivity index (χ4n) is 3.56. The minimum absolute atomic E-state index is 0.101. The Morgan fingerprint density at radius 1 is 1.00 bits per heavy atom. The predicted molar refractivity (Wildman–Crippen MR) is 122 cm³/mol. The number of hydrogen-bond acceptors (Lipinski definition) is 4. The fourth-order valence-corrected chi connectivity index (χ4v) is 4.49. The second-order valence-electron chi connectivity index (χ2n) is 7.66. The topological polar surface area (TPSA) is 52.6 Å². The first-order chi connectivity index (χ1) is 15.0. The molecule has 0 saturated carbocycles. The smallest absolute Gasteiger partial charge is 0.265 e. The zero-order valence-corrected chi connectivity index (χ0v) is 18.1. The van der Waals surface area contributed by atoms with Crippen LogP contribution in [0.2, 0.25) is 0 Å². The number of carbonyl (C=O) groups is 2. The van der Waals surface area contributed by atoms with Gasteiger partial charge in [0.15, 0.2) is 0 Å². The van der Waals surface area contributed by atoms with Crippen LogP contribution in [0.15, 0.2) is 60.7 Å². The summed E-state index contributed by atoms with van der Waals surface area (Å²) in [5.74, 6) is -0.464. The van der Waals surface area contributed by atoms with Crippen LogP contribution in [0.4, 0.5) is 10.1 Å². The molecule has 0 radical (unpaired) electrons. The monoisotopic (exact) mass is 437 g/mol. The van der Waals surface area contributed by atoms with Gasteiger partial charge in [-0.15, -0.1) is 11.3 Å². The van der Waals surface area contributed by atoms with Gasteiger partial charge < -0.3 is 15.1 Å². The quantitative estimate of drug-likeness (QED) is 0.653. The highest BCUT2D eigenvalue weighted by atomic mass is 32.1. The van der Waals surface area contributed by atoms with E-state index in [4.69, 9.17) is 0 Å². The lowest BCUT2D eigenvalue weighted by molar-refractivity contribution is -0.132. The van der Waals surface area contributed by atoms with E-state index < -0.39 is 0 Å². The van der Waals surface area contributed by atoms with E-state index >= 15 is 0 Å². The van der Waals surface area contributed by atoms with Crippen LogP contribution in [-0.2, 0) is 11.2 Å². The van der Waals surface area contributed by atoms with Crippen LogP contribution in [0, 0.1) is 5.82 Å². The molecule has 0 spiro atoms. The van der Waals surface area contributed by atoms with E-state index in [1.807, 2.05) is 23.1 Å². The third kappa shape index (κ3) is 5.18. The molecule has 1 aliphatic rings. The molecule has 31 heavy (non-hydrogen) atoms. The third-order valence-corrected chi connectivity index (χ3v) is 6.48. The molecule has 2 aromatic carbocycles. The average molecular weight is 438 g/mol. The van der Waals surface area contributed by atoms with E-state index in [0.29, 0.717) is 27.4 Å². The van der Waals surface area contributed by atoms with Crippen LogP contribution in [-0.4, -0.2) is 54.8 Å². The maximum atomic E-state index is 14.0. The third-order valence-electron chi connectivity index (χ3n) is 5.37. The molecule has 0 atom stereocenters. The molecule has 1 saturated heterocycles. The highest BCUT2D eigenvalue weighted by Gasteiger charge is 2.19. The van der Waals surface area contributed by atoms with Crippen molar-refractivity contribution in [3.05, 3.63) is 76.9 Å². The van der Waals surface area contributed by atoms with Gasteiger partial charge in [0.2, 0.25) is 5.91 Å². The number of nitrogens with zero attached hydrogens (tertiary/aromatic N) is 2. The van der Waals surface area contributed by atoms with Crippen LogP contribution >= 0.6 is 11.3 Å². The van der Waals surface area contributed by atoms with E-state index in [-0.39, 0.29) is 17.6 Å². The lowest BCUT2D eigenvalue weighted by Crippen LogP contribution is -2.47. The summed E-state index contributed by atoms with van der Waals surface area (Å²) in [4.78, 5) is 30.6. The largest absolute Gasteiger partial charge is 0.340 e. The minimum atomic E-state index is -0.311. The zero-order chi connectivity index (χ0) is 21.8. The molecule has 1 N–H and O–H groups in total. The summed E-state index contributed by atoms with van der Waals surface area (Å²) in [7, 11) is 2.06. The first-order valence-corrected chi connectivity index (χ1v) is 11.0. The van der Waals surface area contributed by atoms with Crippen molar-refractivity contribution in [2.45, 2.75) is 6.42 Å². The van der Waals surface area contributed by atoms with Crippen molar-refractivity contribution in [2.24, 2.45) is 0 Å². The number of halogens is 1. The fraction of sp³-hybridized carbons (Fsp3) is 0.250. The minimum Gasteiger partial charge on any atom is -0.340 e. The van der Waals surface area contributed by atoms with Gasteiger partial charge in [-0.25, -0.2) is 4.39 Å². The number of rotatable bonds is 5. The summed E-state index contributed by atoms with van der Waals surface area (Å²) in [6.07, 6.45) is 0.309.